The second kappa shape index (κ2) is 7.29. The fourth-order valence-corrected chi connectivity index (χ4v) is 2.10. The summed E-state index contributed by atoms with van der Waals surface area (Å²) in [4.78, 5) is 11.7. The predicted octanol–water partition coefficient (Wildman–Crippen LogP) is 1.53. The highest BCUT2D eigenvalue weighted by molar-refractivity contribution is 6.02. The maximum Gasteiger partial charge on any atom is 0.221 e. The van der Waals surface area contributed by atoms with Crippen molar-refractivity contribution >= 4 is 11.6 Å². The number of hydrogen-bond donors (Lipinski definition) is 2. The molecule has 0 radical (unpaired) electrons. The summed E-state index contributed by atoms with van der Waals surface area (Å²) < 4.78 is 5.19. The van der Waals surface area contributed by atoms with Crippen LogP contribution in [0.15, 0.2) is 29.4 Å². The number of hydrogen-bond acceptors (Lipinski definition) is 5. The van der Waals surface area contributed by atoms with Gasteiger partial charge < -0.3 is 10.1 Å². The van der Waals surface area contributed by atoms with E-state index in [1.807, 2.05) is 30.3 Å². The molecule has 6 heteroatoms. The summed E-state index contributed by atoms with van der Waals surface area (Å²) in [6, 6.07) is 9.68. The molecule has 0 spiro atoms. The van der Waals surface area contributed by atoms with Crippen molar-refractivity contribution in [2.45, 2.75) is 31.8 Å². The molecule has 21 heavy (non-hydrogen) atoms. The van der Waals surface area contributed by atoms with Crippen LogP contribution in [0, 0.1) is 11.3 Å². The van der Waals surface area contributed by atoms with Crippen LogP contribution in [0.2, 0.25) is 0 Å². The van der Waals surface area contributed by atoms with Gasteiger partial charge in [-0.25, -0.2) is 0 Å². The number of carbonyl (C=O) groups is 1. The van der Waals surface area contributed by atoms with E-state index in [-0.39, 0.29) is 12.1 Å². The van der Waals surface area contributed by atoms with Crippen molar-refractivity contribution in [1.29, 1.82) is 5.26 Å². The van der Waals surface area contributed by atoms with E-state index in [4.69, 9.17) is 10.00 Å². The van der Waals surface area contributed by atoms with Gasteiger partial charge in [0.05, 0.1) is 18.9 Å². The normalized spacial score (nSPS) is 16.6. The zero-order chi connectivity index (χ0) is 15.1. The van der Waals surface area contributed by atoms with Crippen LogP contribution >= 0.6 is 0 Å². The summed E-state index contributed by atoms with van der Waals surface area (Å²) in [5.41, 5.74) is 4.77. The average molecular weight is 286 g/mol. The van der Waals surface area contributed by atoms with E-state index >= 15 is 0 Å². The van der Waals surface area contributed by atoms with Gasteiger partial charge in [0.25, 0.3) is 0 Å². The Morgan fingerprint density at radius 1 is 1.62 bits per heavy atom. The monoisotopic (exact) mass is 286 g/mol. The minimum atomic E-state index is -0.194. The largest absolute Gasteiger partial charge is 0.497 e. The molecule has 1 aliphatic heterocycles. The maximum atomic E-state index is 11.7. The highest BCUT2D eigenvalue weighted by Crippen LogP contribution is 2.17. The van der Waals surface area contributed by atoms with Crippen molar-refractivity contribution in [3.05, 3.63) is 29.8 Å². The number of nitrogens with zero attached hydrogens (tertiary/aromatic N) is 2. The number of nitriles is 1. The van der Waals surface area contributed by atoms with Crippen LogP contribution in [-0.4, -0.2) is 24.9 Å². The molecule has 0 saturated carbocycles. The Balaban J connectivity index is 1.85. The third kappa shape index (κ3) is 4.21. The molecule has 1 amide bonds. The minimum absolute atomic E-state index is 0.0650. The quantitative estimate of drug-likeness (QED) is 0.776. The Bertz CT molecular complexity index is 577. The van der Waals surface area contributed by atoms with Crippen molar-refractivity contribution in [3.63, 3.8) is 0 Å². The lowest BCUT2D eigenvalue weighted by molar-refractivity contribution is -0.122. The lowest BCUT2D eigenvalue weighted by atomic mass is 10.1. The topological polar surface area (TPSA) is 86.5 Å². The molecule has 0 saturated heterocycles. The summed E-state index contributed by atoms with van der Waals surface area (Å²) in [6.07, 6.45) is 1.77. The summed E-state index contributed by atoms with van der Waals surface area (Å²) >= 11 is 0. The summed E-state index contributed by atoms with van der Waals surface area (Å²) in [5.74, 6) is 0.712. The van der Waals surface area contributed by atoms with Crippen LogP contribution in [0.5, 0.6) is 5.75 Å². The van der Waals surface area contributed by atoms with Gasteiger partial charge in [-0.1, -0.05) is 12.1 Å². The van der Waals surface area contributed by atoms with Gasteiger partial charge in [-0.05, 0) is 18.6 Å². The molecule has 6 nitrogen and oxygen atoms in total. The molecule has 1 aromatic rings. The molecular formula is C15H18N4O2. The van der Waals surface area contributed by atoms with Crippen molar-refractivity contribution in [3.8, 4) is 11.8 Å². The molecular weight excluding hydrogens is 268 g/mol. The van der Waals surface area contributed by atoms with Crippen LogP contribution in [0.25, 0.3) is 0 Å². The van der Waals surface area contributed by atoms with Gasteiger partial charge in [-0.2, -0.15) is 10.4 Å². The minimum Gasteiger partial charge on any atom is -0.497 e. The number of unbranched alkanes of at least 4 members (excludes halogenated alkanes) is 1. The summed E-state index contributed by atoms with van der Waals surface area (Å²) in [7, 11) is 1.62. The first-order chi connectivity index (χ1) is 10.2. The standard InChI is InChI=1S/C15H18N4O2/c1-21-12-6-4-5-11(9-12)13-10-14(19-18-13)17-15(20)7-2-3-8-16/h4-6,9,14,19H,2-3,7,10H2,1H3,(H,17,20). The van der Waals surface area contributed by atoms with Gasteiger partial charge >= 0.3 is 0 Å². The van der Waals surface area contributed by atoms with Crippen molar-refractivity contribution < 1.29 is 9.53 Å². The van der Waals surface area contributed by atoms with E-state index < -0.39 is 0 Å². The van der Waals surface area contributed by atoms with E-state index in [1.54, 1.807) is 7.11 Å². The highest BCUT2D eigenvalue weighted by atomic mass is 16.5. The van der Waals surface area contributed by atoms with Crippen LogP contribution in [0.3, 0.4) is 0 Å². The van der Waals surface area contributed by atoms with E-state index in [1.165, 1.54) is 0 Å². The van der Waals surface area contributed by atoms with E-state index in [0.717, 1.165) is 17.0 Å². The SMILES string of the molecule is COc1cccc(C2=NNC(NC(=O)CCCC#N)C2)c1. The van der Waals surface area contributed by atoms with E-state index in [2.05, 4.69) is 15.8 Å². The van der Waals surface area contributed by atoms with Crippen LogP contribution in [-0.2, 0) is 4.79 Å². The number of benzene rings is 1. The number of methoxy groups -OCH3 is 1. The zero-order valence-electron chi connectivity index (χ0n) is 11.9. The Labute approximate surface area is 123 Å². The molecule has 0 aliphatic carbocycles. The molecule has 2 N–H and O–H groups in total. The Hall–Kier alpha value is -2.55. The van der Waals surface area contributed by atoms with Crippen LogP contribution in [0.4, 0.5) is 0 Å². The predicted molar refractivity (Wildman–Crippen MR) is 78.7 cm³/mol. The average Bonchev–Trinajstić information content (AvgIpc) is 2.96. The first kappa shape index (κ1) is 14.9. The zero-order valence-corrected chi connectivity index (χ0v) is 11.9. The van der Waals surface area contributed by atoms with Gasteiger partial charge in [0.15, 0.2) is 0 Å². The van der Waals surface area contributed by atoms with Gasteiger partial charge in [-0.15, -0.1) is 0 Å². The van der Waals surface area contributed by atoms with Crippen LogP contribution < -0.4 is 15.5 Å². The van der Waals surface area contributed by atoms with E-state index in [0.29, 0.717) is 25.7 Å². The second-order valence-corrected chi connectivity index (χ2v) is 4.76. The number of rotatable bonds is 6. The van der Waals surface area contributed by atoms with E-state index in [9.17, 15) is 4.79 Å². The first-order valence-corrected chi connectivity index (χ1v) is 6.85. The second-order valence-electron chi connectivity index (χ2n) is 4.76. The van der Waals surface area contributed by atoms with Crippen molar-refractivity contribution in [2.24, 2.45) is 5.10 Å². The number of amides is 1. The lowest BCUT2D eigenvalue weighted by Crippen LogP contribution is -2.40. The molecule has 1 heterocycles. The molecule has 2 rings (SSSR count). The molecule has 1 unspecified atom stereocenters. The highest BCUT2D eigenvalue weighted by Gasteiger charge is 2.21. The fraction of sp³-hybridized carbons (Fsp3) is 0.400. The summed E-state index contributed by atoms with van der Waals surface area (Å²) in [6.45, 7) is 0. The molecule has 1 aromatic carbocycles. The Morgan fingerprint density at radius 2 is 2.48 bits per heavy atom. The van der Waals surface area contributed by atoms with Gasteiger partial charge in [0, 0.05) is 24.8 Å². The maximum absolute atomic E-state index is 11.7. The Morgan fingerprint density at radius 3 is 3.24 bits per heavy atom. The van der Waals surface area contributed by atoms with Gasteiger partial charge in [0.1, 0.15) is 11.9 Å². The molecule has 1 atom stereocenters. The number of carbonyl (C=O) groups excluding carboxylic acids is 1. The van der Waals surface area contributed by atoms with Gasteiger partial charge in [0.2, 0.25) is 5.91 Å². The fourth-order valence-electron chi connectivity index (χ4n) is 2.10. The van der Waals surface area contributed by atoms with Crippen LogP contribution in [0.1, 0.15) is 31.2 Å². The molecule has 0 aromatic heterocycles. The van der Waals surface area contributed by atoms with Crippen molar-refractivity contribution in [1.82, 2.24) is 10.7 Å². The third-order valence-corrected chi connectivity index (χ3v) is 3.18. The van der Waals surface area contributed by atoms with Crippen molar-refractivity contribution in [2.75, 3.05) is 7.11 Å². The van der Waals surface area contributed by atoms with Gasteiger partial charge in [-0.3, -0.25) is 10.2 Å². The molecule has 0 bridgehead atoms. The number of hydrazone groups is 1. The number of nitrogens with one attached hydrogen (secondary N) is 2. The Kier molecular flexibility index (Phi) is 5.16. The molecule has 0 fully saturated rings. The third-order valence-electron chi connectivity index (χ3n) is 3.18. The lowest BCUT2D eigenvalue weighted by Gasteiger charge is -2.12. The smallest absolute Gasteiger partial charge is 0.221 e. The number of ether oxygens (including phenoxy) is 1. The summed E-state index contributed by atoms with van der Waals surface area (Å²) in [5, 5.41) is 15.6. The molecule has 110 valence electrons. The molecule has 1 aliphatic rings. The first-order valence-electron chi connectivity index (χ1n) is 6.85.